The second-order valence-corrected chi connectivity index (χ2v) is 9.62. The van der Waals surface area contributed by atoms with Crippen LogP contribution in [0.1, 0.15) is 37.5 Å². The monoisotopic (exact) mass is 552 g/mol. The van der Waals surface area contributed by atoms with E-state index in [4.69, 9.17) is 20.9 Å². The van der Waals surface area contributed by atoms with E-state index < -0.39 is 29.6 Å². The van der Waals surface area contributed by atoms with E-state index in [0.717, 1.165) is 11.5 Å². The van der Waals surface area contributed by atoms with Crippen LogP contribution >= 0.6 is 0 Å². The van der Waals surface area contributed by atoms with E-state index in [1.807, 2.05) is 13.8 Å². The lowest BCUT2D eigenvalue weighted by molar-refractivity contribution is -0.138. The van der Waals surface area contributed by atoms with Crippen LogP contribution in [0.15, 0.2) is 72.9 Å². The smallest absolute Gasteiger partial charge is 0.416 e. The second kappa shape index (κ2) is 11.3. The first-order valence-electron chi connectivity index (χ1n) is 12.8. The number of halogens is 3. The number of hydrogen-bond acceptors (Lipinski definition) is 6. The van der Waals surface area contributed by atoms with Crippen molar-refractivity contribution >= 4 is 28.2 Å². The maximum absolute atomic E-state index is 14.0. The highest BCUT2D eigenvalue weighted by atomic mass is 19.4. The van der Waals surface area contributed by atoms with Gasteiger partial charge >= 0.3 is 6.18 Å². The second-order valence-electron chi connectivity index (χ2n) is 9.62. The molecule has 0 aliphatic heterocycles. The average Bonchev–Trinajstić information content (AvgIpc) is 2.89. The Kier molecular flexibility index (Phi) is 8.08. The Labute approximate surface area is 230 Å². The molecule has 0 unspecified atom stereocenters. The highest BCUT2D eigenvalue weighted by Gasteiger charge is 2.43. The minimum absolute atomic E-state index is 0.101. The van der Waals surface area contributed by atoms with E-state index in [0.29, 0.717) is 40.6 Å². The van der Waals surface area contributed by atoms with Crippen molar-refractivity contribution in [1.29, 1.82) is 0 Å². The SMILES string of the molecule is CCOc1cc([C@@](Cc2ccccc2C(F)(F)F)(Nc2ccc3c(N)nccc3c2)C(N)=O)ccc1OC(C)C. The molecule has 1 atom stereocenters. The van der Waals surface area contributed by atoms with Crippen molar-refractivity contribution in [2.45, 2.75) is 45.0 Å². The summed E-state index contributed by atoms with van der Waals surface area (Å²) in [5.41, 5.74) is 10.0. The zero-order chi connectivity index (χ0) is 29.1. The summed E-state index contributed by atoms with van der Waals surface area (Å²) in [4.78, 5) is 17.5. The van der Waals surface area contributed by atoms with Gasteiger partial charge in [0, 0.05) is 23.7 Å². The van der Waals surface area contributed by atoms with Gasteiger partial charge in [-0.15, -0.1) is 0 Å². The molecule has 1 heterocycles. The number of primary amides is 1. The molecule has 5 N–H and O–H groups in total. The molecule has 0 fully saturated rings. The number of fused-ring (bicyclic) bond motifs is 1. The number of ether oxygens (including phenoxy) is 2. The number of nitrogens with one attached hydrogen (secondary N) is 1. The lowest BCUT2D eigenvalue weighted by Crippen LogP contribution is -2.50. The molecule has 0 saturated heterocycles. The number of nitrogens with two attached hydrogens (primary N) is 2. The van der Waals surface area contributed by atoms with Crippen LogP contribution in [-0.4, -0.2) is 23.6 Å². The molecule has 0 radical (unpaired) electrons. The van der Waals surface area contributed by atoms with Crippen LogP contribution in [0.25, 0.3) is 10.8 Å². The minimum atomic E-state index is -4.64. The van der Waals surface area contributed by atoms with E-state index >= 15 is 0 Å². The normalized spacial score (nSPS) is 13.2. The van der Waals surface area contributed by atoms with Crippen LogP contribution in [0.3, 0.4) is 0 Å². The van der Waals surface area contributed by atoms with Crippen LogP contribution in [-0.2, 0) is 22.9 Å². The van der Waals surface area contributed by atoms with Crippen LogP contribution in [0.2, 0.25) is 0 Å². The summed E-state index contributed by atoms with van der Waals surface area (Å²) in [5, 5.41) is 4.59. The summed E-state index contributed by atoms with van der Waals surface area (Å²) in [6, 6.07) is 16.8. The molecule has 4 aromatic rings. The van der Waals surface area contributed by atoms with Crippen LogP contribution < -0.4 is 26.3 Å². The van der Waals surface area contributed by atoms with Crippen molar-refractivity contribution in [3.63, 3.8) is 0 Å². The quantitative estimate of drug-likeness (QED) is 0.221. The summed E-state index contributed by atoms with van der Waals surface area (Å²) < 4.78 is 53.7. The zero-order valence-electron chi connectivity index (χ0n) is 22.4. The first kappa shape index (κ1) is 28.5. The molecular formula is C30H31F3N4O3. The molecule has 0 spiro atoms. The van der Waals surface area contributed by atoms with E-state index in [-0.39, 0.29) is 11.7 Å². The molecule has 40 heavy (non-hydrogen) atoms. The number of pyridine rings is 1. The summed E-state index contributed by atoms with van der Waals surface area (Å²) in [6.07, 6.45) is -3.66. The highest BCUT2D eigenvalue weighted by molar-refractivity contribution is 5.95. The van der Waals surface area contributed by atoms with Crippen LogP contribution in [0, 0.1) is 0 Å². The first-order chi connectivity index (χ1) is 18.9. The summed E-state index contributed by atoms with van der Waals surface area (Å²) in [6.45, 7) is 5.80. The number of nitrogen functional groups attached to an aromatic ring is 1. The molecule has 7 nitrogen and oxygen atoms in total. The van der Waals surface area contributed by atoms with Gasteiger partial charge < -0.3 is 26.3 Å². The van der Waals surface area contributed by atoms with Gasteiger partial charge in [-0.25, -0.2) is 4.98 Å². The molecule has 10 heteroatoms. The third kappa shape index (κ3) is 5.90. The summed E-state index contributed by atoms with van der Waals surface area (Å²) in [7, 11) is 0. The van der Waals surface area contributed by atoms with Gasteiger partial charge in [0.1, 0.15) is 11.4 Å². The highest BCUT2D eigenvalue weighted by Crippen LogP contribution is 2.40. The number of rotatable bonds is 10. The predicted octanol–water partition coefficient (Wildman–Crippen LogP) is 6.06. The van der Waals surface area contributed by atoms with Gasteiger partial charge in [-0.1, -0.05) is 24.3 Å². The van der Waals surface area contributed by atoms with Gasteiger partial charge in [-0.3, -0.25) is 4.79 Å². The van der Waals surface area contributed by atoms with Crippen molar-refractivity contribution in [3.8, 4) is 11.5 Å². The Balaban J connectivity index is 1.93. The molecule has 0 aliphatic carbocycles. The Bertz CT molecular complexity index is 1520. The van der Waals surface area contributed by atoms with E-state index in [1.165, 1.54) is 18.2 Å². The molecule has 0 bridgehead atoms. The minimum Gasteiger partial charge on any atom is -0.490 e. The molecule has 0 aliphatic rings. The van der Waals surface area contributed by atoms with E-state index in [2.05, 4.69) is 10.3 Å². The Hall–Kier alpha value is -4.47. The van der Waals surface area contributed by atoms with Crippen LogP contribution in [0.5, 0.6) is 11.5 Å². The Morgan fingerprint density at radius 2 is 1.77 bits per heavy atom. The van der Waals surface area contributed by atoms with Crippen LogP contribution in [0.4, 0.5) is 24.7 Å². The van der Waals surface area contributed by atoms with Gasteiger partial charge in [0.2, 0.25) is 5.91 Å². The Morgan fingerprint density at radius 1 is 1.02 bits per heavy atom. The van der Waals surface area contributed by atoms with Crippen molar-refractivity contribution in [2.75, 3.05) is 17.7 Å². The number of nitrogens with zero attached hydrogens (tertiary/aromatic N) is 1. The third-order valence-electron chi connectivity index (χ3n) is 6.45. The zero-order valence-corrected chi connectivity index (χ0v) is 22.4. The summed E-state index contributed by atoms with van der Waals surface area (Å²) in [5.74, 6) is 0.219. The molecule has 210 valence electrons. The van der Waals surface area contributed by atoms with E-state index in [9.17, 15) is 18.0 Å². The average molecular weight is 553 g/mol. The number of hydrogen-bond donors (Lipinski definition) is 3. The molecule has 1 aromatic heterocycles. The number of amides is 1. The van der Waals surface area contributed by atoms with E-state index in [1.54, 1.807) is 55.6 Å². The molecular weight excluding hydrogens is 521 g/mol. The molecule has 3 aromatic carbocycles. The number of alkyl halides is 3. The first-order valence-corrected chi connectivity index (χ1v) is 12.8. The number of aromatic nitrogens is 1. The number of carbonyl (C=O) groups is 1. The molecule has 4 rings (SSSR count). The standard InChI is InChI=1S/C30H31F3N4O3/c1-4-39-26-16-21(9-12-25(26)40-18(2)3)29(28(35)38,17-20-7-5-6-8-24(20)30(31,32)33)37-22-10-11-23-19(15-22)13-14-36-27(23)34/h5-16,18,37H,4,17H2,1-3H3,(H2,34,36)(H2,35,38)/t29-/m1/s1. The van der Waals surface area contributed by atoms with Crippen molar-refractivity contribution in [3.05, 3.63) is 89.6 Å². The van der Waals surface area contributed by atoms with Gasteiger partial charge in [0.15, 0.2) is 11.5 Å². The van der Waals surface area contributed by atoms with Crippen molar-refractivity contribution < 1.29 is 27.4 Å². The lowest BCUT2D eigenvalue weighted by atomic mass is 9.81. The molecule has 1 amide bonds. The van der Waals surface area contributed by atoms with Gasteiger partial charge in [-0.2, -0.15) is 13.2 Å². The molecule has 0 saturated carbocycles. The fourth-order valence-corrected chi connectivity index (χ4v) is 4.66. The van der Waals surface area contributed by atoms with Gasteiger partial charge in [0.25, 0.3) is 0 Å². The number of benzene rings is 3. The maximum Gasteiger partial charge on any atom is 0.416 e. The fraction of sp³-hybridized carbons (Fsp3) is 0.267. The topological polar surface area (TPSA) is 112 Å². The van der Waals surface area contributed by atoms with Crippen molar-refractivity contribution in [1.82, 2.24) is 4.98 Å². The maximum atomic E-state index is 14.0. The number of anilines is 2. The van der Waals surface area contributed by atoms with Gasteiger partial charge in [0.05, 0.1) is 18.3 Å². The van der Waals surface area contributed by atoms with Gasteiger partial charge in [-0.05, 0) is 79.7 Å². The predicted molar refractivity (Wildman–Crippen MR) is 149 cm³/mol. The number of carbonyl (C=O) groups excluding carboxylic acids is 1. The van der Waals surface area contributed by atoms with Crippen molar-refractivity contribution in [2.24, 2.45) is 5.73 Å². The fourth-order valence-electron chi connectivity index (χ4n) is 4.66. The summed E-state index contributed by atoms with van der Waals surface area (Å²) >= 11 is 0. The third-order valence-corrected chi connectivity index (χ3v) is 6.45. The lowest BCUT2D eigenvalue weighted by Gasteiger charge is -2.35. The largest absolute Gasteiger partial charge is 0.490 e. The Morgan fingerprint density at radius 3 is 2.45 bits per heavy atom.